The van der Waals surface area contributed by atoms with E-state index >= 15 is 0 Å². The molecule has 3 heteroatoms. The molecule has 0 bridgehead atoms. The molecular formula is C19H23NOS. The molecule has 0 saturated heterocycles. The lowest BCUT2D eigenvalue weighted by Gasteiger charge is -2.18. The Balaban J connectivity index is 2.15. The molecule has 22 heavy (non-hydrogen) atoms. The van der Waals surface area contributed by atoms with Crippen LogP contribution >= 0.6 is 11.8 Å². The Morgan fingerprint density at radius 3 is 2.09 bits per heavy atom. The van der Waals surface area contributed by atoms with E-state index in [1.165, 1.54) is 27.1 Å². The van der Waals surface area contributed by atoms with Crippen molar-refractivity contribution in [1.29, 1.82) is 0 Å². The SMILES string of the molecule is Cc1cc(C)c(C)c(S[C@@H](C)C(=O)Nc2ccccc2)c1C. The number of hydrogen-bond acceptors (Lipinski definition) is 2. The van der Waals surface area contributed by atoms with Crippen molar-refractivity contribution in [1.82, 2.24) is 0 Å². The van der Waals surface area contributed by atoms with E-state index in [-0.39, 0.29) is 11.2 Å². The fourth-order valence-corrected chi connectivity index (χ4v) is 3.55. The summed E-state index contributed by atoms with van der Waals surface area (Å²) in [4.78, 5) is 13.6. The second kappa shape index (κ2) is 7.01. The molecule has 116 valence electrons. The van der Waals surface area contributed by atoms with Gasteiger partial charge in [-0.1, -0.05) is 24.3 Å². The van der Waals surface area contributed by atoms with Crippen LogP contribution in [0.4, 0.5) is 5.69 Å². The van der Waals surface area contributed by atoms with E-state index in [2.05, 4.69) is 39.1 Å². The van der Waals surface area contributed by atoms with Gasteiger partial charge < -0.3 is 5.32 Å². The molecular weight excluding hydrogens is 290 g/mol. The van der Waals surface area contributed by atoms with Crippen molar-refractivity contribution in [2.45, 2.75) is 44.8 Å². The van der Waals surface area contributed by atoms with Crippen molar-refractivity contribution < 1.29 is 4.79 Å². The molecule has 2 aromatic carbocycles. The largest absolute Gasteiger partial charge is 0.325 e. The molecule has 0 saturated carbocycles. The lowest BCUT2D eigenvalue weighted by atomic mass is 10.0. The highest BCUT2D eigenvalue weighted by molar-refractivity contribution is 8.00. The maximum atomic E-state index is 12.4. The van der Waals surface area contributed by atoms with Gasteiger partial charge in [0.05, 0.1) is 5.25 Å². The third-order valence-electron chi connectivity index (χ3n) is 4.00. The van der Waals surface area contributed by atoms with Crippen LogP contribution in [-0.2, 0) is 4.79 Å². The molecule has 0 heterocycles. The minimum atomic E-state index is -0.140. The molecule has 0 fully saturated rings. The first-order valence-electron chi connectivity index (χ1n) is 7.50. The van der Waals surface area contributed by atoms with E-state index in [1.54, 1.807) is 11.8 Å². The number of carbonyl (C=O) groups excluding carboxylic acids is 1. The van der Waals surface area contributed by atoms with Gasteiger partial charge in [0.15, 0.2) is 0 Å². The number of para-hydroxylation sites is 1. The van der Waals surface area contributed by atoms with Crippen molar-refractivity contribution in [2.75, 3.05) is 5.32 Å². The number of rotatable bonds is 4. The molecule has 0 aliphatic rings. The second-order valence-corrected chi connectivity index (χ2v) is 7.06. The van der Waals surface area contributed by atoms with Crippen LogP contribution in [0.5, 0.6) is 0 Å². The van der Waals surface area contributed by atoms with E-state index in [9.17, 15) is 4.79 Å². The van der Waals surface area contributed by atoms with E-state index in [0.29, 0.717) is 0 Å². The number of hydrogen-bond donors (Lipinski definition) is 1. The van der Waals surface area contributed by atoms with E-state index in [4.69, 9.17) is 0 Å². The minimum Gasteiger partial charge on any atom is -0.325 e. The maximum absolute atomic E-state index is 12.4. The van der Waals surface area contributed by atoms with Crippen LogP contribution in [-0.4, -0.2) is 11.2 Å². The van der Waals surface area contributed by atoms with E-state index in [1.807, 2.05) is 37.3 Å². The number of aryl methyl sites for hydroxylation is 2. The summed E-state index contributed by atoms with van der Waals surface area (Å²) >= 11 is 1.64. The molecule has 0 unspecified atom stereocenters. The zero-order valence-corrected chi connectivity index (χ0v) is 14.7. The molecule has 2 nitrogen and oxygen atoms in total. The number of nitrogens with one attached hydrogen (secondary N) is 1. The van der Waals surface area contributed by atoms with Gasteiger partial charge in [-0.15, -0.1) is 11.8 Å². The number of thioether (sulfide) groups is 1. The van der Waals surface area contributed by atoms with Gasteiger partial charge >= 0.3 is 0 Å². The highest BCUT2D eigenvalue weighted by atomic mass is 32.2. The predicted octanol–water partition coefficient (Wildman–Crippen LogP) is 5.04. The van der Waals surface area contributed by atoms with Crippen LogP contribution in [0, 0.1) is 27.7 Å². The van der Waals surface area contributed by atoms with Gasteiger partial charge in [-0.3, -0.25) is 4.79 Å². The molecule has 2 aromatic rings. The molecule has 0 aliphatic carbocycles. The van der Waals surface area contributed by atoms with Gasteiger partial charge in [0.1, 0.15) is 0 Å². The van der Waals surface area contributed by atoms with Crippen LogP contribution in [0.3, 0.4) is 0 Å². The fraction of sp³-hybridized carbons (Fsp3) is 0.316. The van der Waals surface area contributed by atoms with Gasteiger partial charge in [-0.25, -0.2) is 0 Å². The summed E-state index contributed by atoms with van der Waals surface area (Å²) in [5, 5.41) is 2.83. The summed E-state index contributed by atoms with van der Waals surface area (Å²) in [6, 6.07) is 11.8. The first-order chi connectivity index (χ1) is 10.4. The normalized spacial score (nSPS) is 12.0. The number of amides is 1. The smallest absolute Gasteiger partial charge is 0.237 e. The van der Waals surface area contributed by atoms with Crippen LogP contribution in [0.1, 0.15) is 29.2 Å². The van der Waals surface area contributed by atoms with E-state index in [0.717, 1.165) is 5.69 Å². The highest BCUT2D eigenvalue weighted by Gasteiger charge is 2.18. The van der Waals surface area contributed by atoms with Crippen LogP contribution < -0.4 is 5.32 Å². The van der Waals surface area contributed by atoms with Gasteiger partial charge in [0.25, 0.3) is 0 Å². The topological polar surface area (TPSA) is 29.1 Å². The predicted molar refractivity (Wildman–Crippen MR) is 95.8 cm³/mol. The fourth-order valence-electron chi connectivity index (χ4n) is 2.35. The average molecular weight is 313 g/mol. The second-order valence-electron chi connectivity index (χ2n) is 5.70. The lowest BCUT2D eigenvalue weighted by molar-refractivity contribution is -0.115. The monoisotopic (exact) mass is 313 g/mol. The first-order valence-corrected chi connectivity index (χ1v) is 8.38. The van der Waals surface area contributed by atoms with Gasteiger partial charge in [0.2, 0.25) is 5.91 Å². The van der Waals surface area contributed by atoms with Crippen molar-refractivity contribution in [3.63, 3.8) is 0 Å². The Hall–Kier alpha value is -1.74. The van der Waals surface area contributed by atoms with Crippen LogP contribution in [0.25, 0.3) is 0 Å². The van der Waals surface area contributed by atoms with Crippen molar-refractivity contribution in [3.05, 3.63) is 58.7 Å². The summed E-state index contributed by atoms with van der Waals surface area (Å²) < 4.78 is 0. The summed E-state index contributed by atoms with van der Waals surface area (Å²) in [5.41, 5.74) is 5.94. The molecule has 1 atom stereocenters. The van der Waals surface area contributed by atoms with Gasteiger partial charge in [-0.05, 0) is 69.0 Å². The molecule has 0 radical (unpaired) electrons. The Morgan fingerprint density at radius 1 is 1.00 bits per heavy atom. The average Bonchev–Trinajstić information content (AvgIpc) is 2.50. The molecule has 0 aromatic heterocycles. The summed E-state index contributed by atoms with van der Waals surface area (Å²) in [7, 11) is 0. The van der Waals surface area contributed by atoms with Gasteiger partial charge in [-0.2, -0.15) is 0 Å². The maximum Gasteiger partial charge on any atom is 0.237 e. The zero-order valence-electron chi connectivity index (χ0n) is 13.9. The molecule has 1 amide bonds. The summed E-state index contributed by atoms with van der Waals surface area (Å²) in [6.45, 7) is 10.5. The summed E-state index contributed by atoms with van der Waals surface area (Å²) in [6.07, 6.45) is 0. The highest BCUT2D eigenvalue weighted by Crippen LogP contribution is 2.33. The van der Waals surface area contributed by atoms with Crippen LogP contribution in [0.2, 0.25) is 0 Å². The Kier molecular flexibility index (Phi) is 5.30. The summed E-state index contributed by atoms with van der Waals surface area (Å²) in [5.74, 6) is 0.0363. The zero-order chi connectivity index (χ0) is 16.3. The first kappa shape index (κ1) is 16.6. The number of benzene rings is 2. The third kappa shape index (κ3) is 3.72. The lowest BCUT2D eigenvalue weighted by Crippen LogP contribution is -2.22. The standard InChI is InChI=1S/C19H23NOS/c1-12-11-13(2)15(4)18(14(12)3)22-16(5)19(21)20-17-9-7-6-8-10-17/h6-11,16H,1-5H3,(H,20,21)/t16-/m0/s1. The minimum absolute atomic E-state index is 0.0363. The number of anilines is 1. The molecule has 0 spiro atoms. The molecule has 2 rings (SSSR count). The Bertz CT molecular complexity index is 653. The Morgan fingerprint density at radius 2 is 1.55 bits per heavy atom. The third-order valence-corrected chi connectivity index (χ3v) is 5.42. The van der Waals surface area contributed by atoms with Gasteiger partial charge in [0, 0.05) is 10.6 Å². The quantitative estimate of drug-likeness (QED) is 0.801. The Labute approximate surface area is 137 Å². The van der Waals surface area contributed by atoms with E-state index < -0.39 is 0 Å². The van der Waals surface area contributed by atoms with Crippen LogP contribution in [0.15, 0.2) is 41.3 Å². The van der Waals surface area contributed by atoms with Crippen molar-refractivity contribution in [3.8, 4) is 0 Å². The van der Waals surface area contributed by atoms with Crippen molar-refractivity contribution in [2.24, 2.45) is 0 Å². The number of carbonyl (C=O) groups is 1. The van der Waals surface area contributed by atoms with Crippen molar-refractivity contribution >= 4 is 23.4 Å². The molecule has 1 N–H and O–H groups in total. The molecule has 0 aliphatic heterocycles.